The molecule has 0 amide bonds. The van der Waals surface area contributed by atoms with E-state index in [2.05, 4.69) is 0 Å². The Balaban J connectivity index is 0.00000196. The third-order valence-corrected chi connectivity index (χ3v) is 3.07. The third-order valence-electron chi connectivity index (χ3n) is 1.39. The molecule has 0 radical (unpaired) electrons. The Morgan fingerprint density at radius 2 is 1.53 bits per heavy atom. The van der Waals surface area contributed by atoms with Crippen LogP contribution in [0.3, 0.4) is 0 Å². The largest absolute Gasteiger partial charge is 1.00 e. The van der Waals surface area contributed by atoms with E-state index < -0.39 is 30.0 Å². The Kier molecular flexibility index (Phi) is 4.93. The first-order valence-electron chi connectivity index (χ1n) is 3.25. The van der Waals surface area contributed by atoms with Crippen LogP contribution in [0.25, 0.3) is 0 Å². The molecule has 1 rings (SSSR count). The number of rotatable bonds is 2. The summed E-state index contributed by atoms with van der Waals surface area (Å²) in [6, 6.07) is 3.56. The van der Waals surface area contributed by atoms with Crippen LogP contribution in [0.4, 0.5) is 0 Å². The van der Waals surface area contributed by atoms with E-state index in [0.29, 0.717) is 6.07 Å². The molecule has 78 valence electrons. The van der Waals surface area contributed by atoms with Crippen molar-refractivity contribution in [1.82, 2.24) is 0 Å². The van der Waals surface area contributed by atoms with Crippen LogP contribution in [0.5, 0.6) is 0 Å². The fourth-order valence-electron chi connectivity index (χ4n) is 0.790. The summed E-state index contributed by atoms with van der Waals surface area (Å²) in [5, 5.41) is 0. The van der Waals surface area contributed by atoms with Crippen molar-refractivity contribution >= 4 is 20.2 Å². The molecule has 1 aromatic carbocycles. The van der Waals surface area contributed by atoms with Gasteiger partial charge in [-0.05, 0) is 18.2 Å². The maximum absolute atomic E-state index is 10.6. The molecule has 0 atom stereocenters. The molecule has 0 saturated carbocycles. The van der Waals surface area contributed by atoms with Crippen molar-refractivity contribution in [1.29, 1.82) is 0 Å². The molecule has 0 spiro atoms. The van der Waals surface area contributed by atoms with Gasteiger partial charge in [0.1, 0.15) is 10.1 Å². The summed E-state index contributed by atoms with van der Waals surface area (Å²) in [4.78, 5) is -1.33. The molecular weight excluding hydrogens is 255 g/mol. The zero-order chi connectivity index (χ0) is 11.0. The van der Waals surface area contributed by atoms with Crippen molar-refractivity contribution in [3.63, 3.8) is 0 Å². The van der Waals surface area contributed by atoms with Crippen LogP contribution in [-0.4, -0.2) is 25.9 Å². The van der Waals surface area contributed by atoms with Crippen LogP contribution in [-0.2, 0) is 20.2 Å². The van der Waals surface area contributed by atoms with Gasteiger partial charge in [-0.15, -0.1) is 0 Å². The first-order valence-corrected chi connectivity index (χ1v) is 6.09. The molecule has 0 heterocycles. The molecule has 0 bridgehead atoms. The second kappa shape index (κ2) is 4.91. The Morgan fingerprint density at radius 3 is 1.93 bits per heavy atom. The SMILES string of the molecule is O=S(=O)([O-])c1cccc(S(=O)(=O)O)c1.[Na+]. The summed E-state index contributed by atoms with van der Waals surface area (Å²) in [7, 11) is -9.20. The molecule has 0 aliphatic heterocycles. The van der Waals surface area contributed by atoms with E-state index in [1.165, 1.54) is 0 Å². The zero-order valence-electron chi connectivity index (χ0n) is 7.61. The molecule has 1 N–H and O–H groups in total. The molecular formula is C6H5NaO6S2. The fourth-order valence-corrected chi connectivity index (χ4v) is 1.91. The molecule has 0 aromatic heterocycles. The molecule has 9 heteroatoms. The zero-order valence-corrected chi connectivity index (χ0v) is 11.2. The second-order valence-corrected chi connectivity index (χ2v) is 5.21. The van der Waals surface area contributed by atoms with Crippen molar-refractivity contribution in [3.8, 4) is 0 Å². The maximum Gasteiger partial charge on any atom is 1.00 e. The predicted molar refractivity (Wildman–Crippen MR) is 44.2 cm³/mol. The number of hydrogen-bond donors (Lipinski definition) is 1. The Hall–Kier alpha value is 0.0400. The summed E-state index contributed by atoms with van der Waals surface area (Å²) in [6.07, 6.45) is 0. The van der Waals surface area contributed by atoms with Gasteiger partial charge in [-0.3, -0.25) is 4.55 Å². The van der Waals surface area contributed by atoms with Crippen LogP contribution < -0.4 is 29.6 Å². The molecule has 0 unspecified atom stereocenters. The van der Waals surface area contributed by atoms with E-state index in [1.807, 2.05) is 0 Å². The van der Waals surface area contributed by atoms with E-state index in [9.17, 15) is 21.4 Å². The summed E-state index contributed by atoms with van der Waals surface area (Å²) in [5.74, 6) is 0. The van der Waals surface area contributed by atoms with E-state index in [-0.39, 0.29) is 29.6 Å². The fraction of sp³-hybridized carbons (Fsp3) is 0. The number of benzene rings is 1. The van der Waals surface area contributed by atoms with Gasteiger partial charge in [0.05, 0.1) is 9.79 Å². The van der Waals surface area contributed by atoms with Gasteiger partial charge in [0.25, 0.3) is 10.1 Å². The van der Waals surface area contributed by atoms with Crippen LogP contribution >= 0.6 is 0 Å². The van der Waals surface area contributed by atoms with E-state index >= 15 is 0 Å². The summed E-state index contributed by atoms with van der Waals surface area (Å²) in [5.41, 5.74) is 0. The second-order valence-electron chi connectivity index (χ2n) is 2.40. The van der Waals surface area contributed by atoms with Gasteiger partial charge < -0.3 is 4.55 Å². The Labute approximate surface area is 109 Å². The first kappa shape index (κ1) is 15.0. The normalized spacial score (nSPS) is 11.9. The average molecular weight is 260 g/mol. The van der Waals surface area contributed by atoms with Gasteiger partial charge >= 0.3 is 29.6 Å². The molecule has 0 saturated heterocycles. The van der Waals surface area contributed by atoms with Gasteiger partial charge in [-0.2, -0.15) is 8.42 Å². The van der Waals surface area contributed by atoms with Crippen molar-refractivity contribution < 1.29 is 55.5 Å². The summed E-state index contributed by atoms with van der Waals surface area (Å²) < 4.78 is 61.1. The standard InChI is InChI=1S/C6H6O6S2.Na/c7-13(8,9)5-2-1-3-6(4-5)14(10,11)12;/h1-4H,(H,7,8,9)(H,10,11,12);/q;+1/p-1. The van der Waals surface area contributed by atoms with E-state index in [4.69, 9.17) is 4.55 Å². The minimum absolute atomic E-state index is 0. The molecule has 0 aliphatic carbocycles. The van der Waals surface area contributed by atoms with Crippen molar-refractivity contribution in [2.75, 3.05) is 0 Å². The van der Waals surface area contributed by atoms with Gasteiger partial charge in [0.2, 0.25) is 0 Å². The maximum atomic E-state index is 10.6. The molecule has 6 nitrogen and oxygen atoms in total. The van der Waals surface area contributed by atoms with Gasteiger partial charge in [0.15, 0.2) is 0 Å². The Morgan fingerprint density at radius 1 is 1.07 bits per heavy atom. The predicted octanol–water partition coefficient (Wildman–Crippen LogP) is -3.16. The topological polar surface area (TPSA) is 112 Å². The molecule has 0 fully saturated rings. The number of hydrogen-bond acceptors (Lipinski definition) is 5. The van der Waals surface area contributed by atoms with Crippen LogP contribution in [0.15, 0.2) is 34.1 Å². The van der Waals surface area contributed by atoms with Gasteiger partial charge in [-0.1, -0.05) is 6.07 Å². The Bertz CT molecular complexity index is 499. The summed E-state index contributed by atoms with van der Waals surface area (Å²) in [6.45, 7) is 0. The minimum atomic E-state index is -4.71. The monoisotopic (exact) mass is 260 g/mol. The van der Waals surface area contributed by atoms with E-state index in [1.54, 1.807) is 0 Å². The molecule has 1 aromatic rings. The van der Waals surface area contributed by atoms with Crippen LogP contribution in [0.2, 0.25) is 0 Å². The molecule has 0 aliphatic rings. The quantitative estimate of drug-likeness (QED) is 0.444. The smallest absolute Gasteiger partial charge is 0.744 e. The van der Waals surface area contributed by atoms with E-state index in [0.717, 1.165) is 18.2 Å². The van der Waals surface area contributed by atoms with Crippen molar-refractivity contribution in [2.45, 2.75) is 9.79 Å². The third kappa shape index (κ3) is 4.19. The average Bonchev–Trinajstić information content (AvgIpc) is 2.01. The van der Waals surface area contributed by atoms with Crippen LogP contribution in [0.1, 0.15) is 0 Å². The first-order chi connectivity index (χ1) is 6.21. The van der Waals surface area contributed by atoms with Gasteiger partial charge in [-0.25, -0.2) is 8.42 Å². The summed E-state index contributed by atoms with van der Waals surface area (Å²) >= 11 is 0. The molecule has 15 heavy (non-hydrogen) atoms. The minimum Gasteiger partial charge on any atom is -0.744 e. The van der Waals surface area contributed by atoms with Crippen LogP contribution in [0, 0.1) is 0 Å². The van der Waals surface area contributed by atoms with Gasteiger partial charge in [0, 0.05) is 0 Å². The van der Waals surface area contributed by atoms with Crippen molar-refractivity contribution in [3.05, 3.63) is 24.3 Å². The van der Waals surface area contributed by atoms with Crippen molar-refractivity contribution in [2.24, 2.45) is 0 Å².